The molecule has 3 heterocycles. The van der Waals surface area contributed by atoms with Crippen molar-refractivity contribution in [1.82, 2.24) is 19.9 Å². The average molecular weight is 241 g/mol. The van der Waals surface area contributed by atoms with E-state index in [9.17, 15) is 0 Å². The third kappa shape index (κ3) is 1.43. The molecule has 0 saturated carbocycles. The molecule has 0 amide bonds. The Balaban J connectivity index is 1.86. The highest BCUT2D eigenvalue weighted by molar-refractivity contribution is 5.60. The van der Waals surface area contributed by atoms with Gasteiger partial charge in [-0.2, -0.15) is 0 Å². The quantitative estimate of drug-likeness (QED) is 0.867. The second-order valence-corrected chi connectivity index (χ2v) is 4.93. The van der Waals surface area contributed by atoms with Crippen molar-refractivity contribution in [3.8, 4) is 11.5 Å². The summed E-state index contributed by atoms with van der Waals surface area (Å²) in [6.45, 7) is 2.16. The van der Waals surface area contributed by atoms with Gasteiger partial charge in [0.1, 0.15) is 5.69 Å². The zero-order valence-electron chi connectivity index (χ0n) is 10.2. The first-order valence-electron chi connectivity index (χ1n) is 6.56. The van der Waals surface area contributed by atoms with Crippen molar-refractivity contribution in [3.63, 3.8) is 0 Å². The number of rotatable bonds is 2. The van der Waals surface area contributed by atoms with Gasteiger partial charge in [-0.1, -0.05) is 0 Å². The van der Waals surface area contributed by atoms with Crippen LogP contribution < -0.4 is 4.90 Å². The lowest BCUT2D eigenvalue weighted by atomic mass is 10.1. The van der Waals surface area contributed by atoms with Gasteiger partial charge in [-0.3, -0.25) is 0 Å². The Kier molecular flexibility index (Phi) is 2.12. The first-order chi connectivity index (χ1) is 8.92. The summed E-state index contributed by atoms with van der Waals surface area (Å²) in [5, 5.41) is 0. The summed E-state index contributed by atoms with van der Waals surface area (Å²) in [5.74, 6) is 1.76. The van der Waals surface area contributed by atoms with Crippen LogP contribution in [-0.4, -0.2) is 33.0 Å². The van der Waals surface area contributed by atoms with Gasteiger partial charge in [0, 0.05) is 36.7 Å². The van der Waals surface area contributed by atoms with Crippen molar-refractivity contribution >= 4 is 5.95 Å². The van der Waals surface area contributed by atoms with Crippen LogP contribution in [0.15, 0.2) is 12.4 Å². The average Bonchev–Trinajstić information content (AvgIpc) is 2.96. The van der Waals surface area contributed by atoms with E-state index in [1.54, 1.807) is 6.20 Å². The fourth-order valence-electron chi connectivity index (χ4n) is 2.67. The predicted octanol–water partition coefficient (Wildman–Crippen LogP) is 1.57. The summed E-state index contributed by atoms with van der Waals surface area (Å²) in [4.78, 5) is 19.2. The summed E-state index contributed by atoms with van der Waals surface area (Å²) >= 11 is 0. The van der Waals surface area contributed by atoms with Gasteiger partial charge in [0.15, 0.2) is 5.82 Å². The van der Waals surface area contributed by atoms with E-state index in [2.05, 4.69) is 14.9 Å². The molecule has 0 unspecified atom stereocenters. The highest BCUT2D eigenvalue weighted by atomic mass is 15.3. The molecular formula is C13H15N5. The van der Waals surface area contributed by atoms with Gasteiger partial charge >= 0.3 is 0 Å². The minimum Gasteiger partial charge on any atom is -0.343 e. The number of imidazole rings is 1. The largest absolute Gasteiger partial charge is 0.343 e. The summed E-state index contributed by atoms with van der Waals surface area (Å²) in [6.07, 6.45) is 8.21. The van der Waals surface area contributed by atoms with Gasteiger partial charge in [0.2, 0.25) is 5.95 Å². The maximum Gasteiger partial charge on any atom is 0.226 e. The smallest absolute Gasteiger partial charge is 0.226 e. The Labute approximate surface area is 105 Å². The number of aryl methyl sites for hydroxylation is 1. The van der Waals surface area contributed by atoms with Crippen molar-refractivity contribution in [1.29, 1.82) is 0 Å². The van der Waals surface area contributed by atoms with Crippen LogP contribution in [0.3, 0.4) is 0 Å². The molecular weight excluding hydrogens is 226 g/mol. The van der Waals surface area contributed by atoms with Gasteiger partial charge in [-0.05, 0) is 25.7 Å². The highest BCUT2D eigenvalue weighted by Crippen LogP contribution is 2.31. The van der Waals surface area contributed by atoms with Gasteiger partial charge in [0.25, 0.3) is 0 Å². The molecule has 1 fully saturated rings. The molecule has 4 rings (SSSR count). The topological polar surface area (TPSA) is 57.7 Å². The lowest BCUT2D eigenvalue weighted by molar-refractivity contribution is 0.599. The zero-order chi connectivity index (χ0) is 11.9. The molecule has 0 bridgehead atoms. The van der Waals surface area contributed by atoms with Gasteiger partial charge in [-0.15, -0.1) is 0 Å². The van der Waals surface area contributed by atoms with E-state index in [1.807, 2.05) is 6.20 Å². The van der Waals surface area contributed by atoms with Gasteiger partial charge in [-0.25, -0.2) is 15.0 Å². The molecule has 1 saturated heterocycles. The summed E-state index contributed by atoms with van der Waals surface area (Å²) in [5.41, 5.74) is 3.51. The molecule has 0 spiro atoms. The maximum atomic E-state index is 4.73. The minimum atomic E-state index is 0.873. The number of H-pyrrole nitrogens is 1. The highest BCUT2D eigenvalue weighted by Gasteiger charge is 2.25. The van der Waals surface area contributed by atoms with E-state index < -0.39 is 0 Å². The molecule has 18 heavy (non-hydrogen) atoms. The first kappa shape index (κ1) is 10.1. The Bertz CT molecular complexity index is 571. The Morgan fingerprint density at radius 2 is 2.06 bits per heavy atom. The van der Waals surface area contributed by atoms with Crippen LogP contribution in [0, 0.1) is 0 Å². The van der Waals surface area contributed by atoms with E-state index in [1.165, 1.54) is 24.1 Å². The summed E-state index contributed by atoms with van der Waals surface area (Å²) in [7, 11) is 0. The maximum absolute atomic E-state index is 4.73. The molecule has 0 radical (unpaired) electrons. The number of nitrogens with one attached hydrogen (secondary N) is 1. The number of aromatic nitrogens is 4. The molecule has 2 aromatic rings. The standard InChI is InChI=1S/C13H15N5/c1-3-9-10(4-1)16-13(18-7-2-8-18)17-11(9)12-14-5-6-15-12/h5-6H,1-4,7-8H2,(H,14,15). The number of hydrogen-bond donors (Lipinski definition) is 1. The van der Waals surface area contributed by atoms with E-state index in [-0.39, 0.29) is 0 Å². The predicted molar refractivity (Wildman–Crippen MR) is 68.5 cm³/mol. The minimum absolute atomic E-state index is 0.873. The van der Waals surface area contributed by atoms with Crippen LogP contribution in [0.25, 0.3) is 11.5 Å². The number of fused-ring (bicyclic) bond motifs is 1. The molecule has 0 atom stereocenters. The molecule has 1 N–H and O–H groups in total. The van der Waals surface area contributed by atoms with Crippen LogP contribution in [0.1, 0.15) is 24.1 Å². The molecule has 2 aromatic heterocycles. The zero-order valence-corrected chi connectivity index (χ0v) is 10.2. The molecule has 1 aliphatic heterocycles. The normalized spacial score (nSPS) is 17.7. The van der Waals surface area contributed by atoms with Crippen molar-refractivity contribution in [2.45, 2.75) is 25.7 Å². The monoisotopic (exact) mass is 241 g/mol. The van der Waals surface area contributed by atoms with Gasteiger partial charge in [0.05, 0.1) is 0 Å². The number of hydrogen-bond acceptors (Lipinski definition) is 4. The van der Waals surface area contributed by atoms with Crippen LogP contribution in [0.2, 0.25) is 0 Å². The molecule has 5 nitrogen and oxygen atoms in total. The molecule has 0 aromatic carbocycles. The van der Waals surface area contributed by atoms with Crippen molar-refractivity contribution in [2.75, 3.05) is 18.0 Å². The van der Waals surface area contributed by atoms with Crippen molar-refractivity contribution in [2.24, 2.45) is 0 Å². The molecule has 92 valence electrons. The van der Waals surface area contributed by atoms with Crippen LogP contribution in [0.4, 0.5) is 5.95 Å². The van der Waals surface area contributed by atoms with Crippen LogP contribution in [-0.2, 0) is 12.8 Å². The first-order valence-corrected chi connectivity index (χ1v) is 6.56. The van der Waals surface area contributed by atoms with E-state index in [0.29, 0.717) is 0 Å². The lowest BCUT2D eigenvalue weighted by Crippen LogP contribution is -2.38. The third-order valence-electron chi connectivity index (χ3n) is 3.78. The Morgan fingerprint density at radius 1 is 1.11 bits per heavy atom. The lowest BCUT2D eigenvalue weighted by Gasteiger charge is -2.31. The fraction of sp³-hybridized carbons (Fsp3) is 0.462. The molecule has 1 aliphatic carbocycles. The fourth-order valence-corrected chi connectivity index (χ4v) is 2.67. The number of anilines is 1. The Morgan fingerprint density at radius 3 is 2.78 bits per heavy atom. The molecule has 5 heteroatoms. The van der Waals surface area contributed by atoms with E-state index in [0.717, 1.165) is 43.4 Å². The summed E-state index contributed by atoms with van der Waals surface area (Å²) < 4.78 is 0. The molecule has 2 aliphatic rings. The Hall–Kier alpha value is -1.91. The van der Waals surface area contributed by atoms with Crippen molar-refractivity contribution in [3.05, 3.63) is 23.7 Å². The van der Waals surface area contributed by atoms with Crippen LogP contribution in [0.5, 0.6) is 0 Å². The van der Waals surface area contributed by atoms with Crippen LogP contribution >= 0.6 is 0 Å². The second kappa shape index (κ2) is 3.80. The van der Waals surface area contributed by atoms with Gasteiger partial charge < -0.3 is 9.88 Å². The number of nitrogens with zero attached hydrogens (tertiary/aromatic N) is 4. The van der Waals surface area contributed by atoms with E-state index in [4.69, 9.17) is 9.97 Å². The van der Waals surface area contributed by atoms with E-state index >= 15 is 0 Å². The summed E-state index contributed by atoms with van der Waals surface area (Å²) in [6, 6.07) is 0. The second-order valence-electron chi connectivity index (χ2n) is 4.93. The third-order valence-corrected chi connectivity index (χ3v) is 3.78. The SMILES string of the molecule is c1c[nH]c(-c2nc(N3CCC3)nc3c2CCC3)n1. The van der Waals surface area contributed by atoms with Crippen molar-refractivity contribution < 1.29 is 0 Å². The number of aromatic amines is 1.